The van der Waals surface area contributed by atoms with Gasteiger partial charge in [0.25, 0.3) is 0 Å². The summed E-state index contributed by atoms with van der Waals surface area (Å²) in [6.07, 6.45) is 1.10. The highest BCUT2D eigenvalue weighted by atomic mass is 16.3. The second-order valence-corrected chi connectivity index (χ2v) is 6.31. The minimum Gasteiger partial charge on any atom is -0.387 e. The number of hydrogen-bond donors (Lipinski definition) is 2. The van der Waals surface area contributed by atoms with Crippen LogP contribution in [0, 0.1) is 12.3 Å². The Morgan fingerprint density at radius 2 is 2.00 bits per heavy atom. The van der Waals surface area contributed by atoms with Crippen LogP contribution in [-0.2, 0) is 0 Å². The third-order valence-corrected chi connectivity index (χ3v) is 3.11. The zero-order chi connectivity index (χ0) is 14.8. The Bertz CT molecular complexity index is 571. The van der Waals surface area contributed by atoms with Gasteiger partial charge in [0.15, 0.2) is 5.82 Å². The summed E-state index contributed by atoms with van der Waals surface area (Å²) in [5, 5.41) is 17.1. The quantitative estimate of drug-likeness (QED) is 0.898. The topological polar surface area (TPSA) is 74.7 Å². The average Bonchev–Trinajstić information content (AvgIpc) is 2.82. The van der Waals surface area contributed by atoms with Crippen molar-refractivity contribution in [1.82, 2.24) is 20.2 Å². The Morgan fingerprint density at radius 1 is 1.25 bits per heavy atom. The molecule has 2 aromatic rings. The maximum Gasteiger partial charge on any atom is 0.199 e. The molecule has 2 N–H and O–H groups in total. The van der Waals surface area contributed by atoms with Gasteiger partial charge < -0.3 is 5.11 Å². The van der Waals surface area contributed by atoms with Crippen molar-refractivity contribution in [3.63, 3.8) is 0 Å². The van der Waals surface area contributed by atoms with Crippen molar-refractivity contribution < 1.29 is 5.11 Å². The lowest BCUT2D eigenvalue weighted by Gasteiger charge is -2.20. The molecule has 5 heteroatoms. The van der Waals surface area contributed by atoms with Crippen LogP contribution in [0.1, 0.15) is 51.2 Å². The number of aliphatic hydroxyl groups is 1. The first-order valence-electron chi connectivity index (χ1n) is 6.89. The Morgan fingerprint density at radius 3 is 2.60 bits per heavy atom. The third kappa shape index (κ3) is 3.87. The molecule has 2 aromatic heterocycles. The van der Waals surface area contributed by atoms with Crippen LogP contribution in [-0.4, -0.2) is 25.3 Å². The Kier molecular flexibility index (Phi) is 4.18. The summed E-state index contributed by atoms with van der Waals surface area (Å²) in [6.45, 7) is 8.35. The van der Waals surface area contributed by atoms with E-state index >= 15 is 0 Å². The SMILES string of the molecule is Cc1nc(-c2cccc([C@@H](O)CCC(C)(C)C)n2)n[nH]1. The van der Waals surface area contributed by atoms with Gasteiger partial charge in [-0.3, -0.25) is 5.10 Å². The molecule has 0 unspecified atom stereocenters. The number of pyridine rings is 1. The highest BCUT2D eigenvalue weighted by Gasteiger charge is 2.16. The van der Waals surface area contributed by atoms with E-state index in [1.165, 1.54) is 0 Å². The lowest BCUT2D eigenvalue weighted by Crippen LogP contribution is -2.09. The minimum atomic E-state index is -0.547. The first-order valence-corrected chi connectivity index (χ1v) is 6.89. The van der Waals surface area contributed by atoms with Crippen molar-refractivity contribution in [2.75, 3.05) is 0 Å². The number of nitrogens with zero attached hydrogens (tertiary/aromatic N) is 3. The Labute approximate surface area is 119 Å². The number of rotatable bonds is 4. The van der Waals surface area contributed by atoms with Crippen molar-refractivity contribution >= 4 is 0 Å². The summed E-state index contributed by atoms with van der Waals surface area (Å²) in [4.78, 5) is 8.72. The average molecular weight is 274 g/mol. The Balaban J connectivity index is 2.13. The van der Waals surface area contributed by atoms with Crippen LogP contribution >= 0.6 is 0 Å². The van der Waals surface area contributed by atoms with E-state index in [4.69, 9.17) is 0 Å². The first-order chi connectivity index (χ1) is 9.35. The van der Waals surface area contributed by atoms with Gasteiger partial charge in [0.05, 0.1) is 11.8 Å². The molecule has 5 nitrogen and oxygen atoms in total. The largest absolute Gasteiger partial charge is 0.387 e. The third-order valence-electron chi connectivity index (χ3n) is 3.11. The molecule has 0 saturated heterocycles. The van der Waals surface area contributed by atoms with Gasteiger partial charge in [-0.1, -0.05) is 26.8 Å². The second-order valence-electron chi connectivity index (χ2n) is 6.31. The van der Waals surface area contributed by atoms with Gasteiger partial charge in [-0.2, -0.15) is 5.10 Å². The predicted octanol–water partition coefficient (Wildman–Crippen LogP) is 3.03. The van der Waals surface area contributed by atoms with Crippen LogP contribution in [0.4, 0.5) is 0 Å². The molecule has 0 fully saturated rings. The molecular formula is C15H22N4O. The van der Waals surface area contributed by atoms with Crippen LogP contribution in [0.15, 0.2) is 18.2 Å². The van der Waals surface area contributed by atoms with Crippen molar-refractivity contribution in [2.24, 2.45) is 5.41 Å². The second kappa shape index (κ2) is 5.71. The maximum atomic E-state index is 10.2. The van der Waals surface area contributed by atoms with Gasteiger partial charge in [-0.25, -0.2) is 9.97 Å². The lowest BCUT2D eigenvalue weighted by molar-refractivity contribution is 0.143. The van der Waals surface area contributed by atoms with E-state index in [1.807, 2.05) is 25.1 Å². The van der Waals surface area contributed by atoms with E-state index in [9.17, 15) is 5.11 Å². The van der Waals surface area contributed by atoms with Gasteiger partial charge in [0.1, 0.15) is 11.5 Å². The van der Waals surface area contributed by atoms with E-state index < -0.39 is 6.10 Å². The fourth-order valence-electron chi connectivity index (χ4n) is 1.94. The molecule has 20 heavy (non-hydrogen) atoms. The van der Waals surface area contributed by atoms with Crippen molar-refractivity contribution in [3.05, 3.63) is 29.7 Å². The maximum absolute atomic E-state index is 10.2. The molecule has 0 radical (unpaired) electrons. The van der Waals surface area contributed by atoms with Crippen LogP contribution in [0.25, 0.3) is 11.5 Å². The summed E-state index contributed by atoms with van der Waals surface area (Å²) in [5.41, 5.74) is 1.57. The summed E-state index contributed by atoms with van der Waals surface area (Å²) in [6, 6.07) is 5.57. The van der Waals surface area contributed by atoms with Gasteiger partial charge in [0, 0.05) is 0 Å². The molecule has 2 rings (SSSR count). The lowest BCUT2D eigenvalue weighted by atomic mass is 9.89. The first kappa shape index (κ1) is 14.7. The molecule has 0 bridgehead atoms. The molecule has 0 amide bonds. The number of H-pyrrole nitrogens is 1. The molecule has 0 aliphatic carbocycles. The summed E-state index contributed by atoms with van der Waals surface area (Å²) in [5.74, 6) is 1.31. The number of aliphatic hydroxyl groups excluding tert-OH is 1. The fourth-order valence-corrected chi connectivity index (χ4v) is 1.94. The smallest absolute Gasteiger partial charge is 0.199 e. The molecule has 1 atom stereocenters. The van der Waals surface area contributed by atoms with Crippen LogP contribution < -0.4 is 0 Å². The normalized spacial score (nSPS) is 13.4. The van der Waals surface area contributed by atoms with E-state index in [2.05, 4.69) is 40.9 Å². The Hall–Kier alpha value is -1.75. The van der Waals surface area contributed by atoms with Crippen molar-refractivity contribution in [1.29, 1.82) is 0 Å². The molecule has 0 aromatic carbocycles. The number of aryl methyl sites for hydroxylation is 1. The van der Waals surface area contributed by atoms with E-state index in [0.717, 1.165) is 12.2 Å². The summed E-state index contributed by atoms with van der Waals surface area (Å²) >= 11 is 0. The highest BCUT2D eigenvalue weighted by Crippen LogP contribution is 2.27. The van der Waals surface area contributed by atoms with E-state index in [1.54, 1.807) is 0 Å². The van der Waals surface area contributed by atoms with Gasteiger partial charge >= 0.3 is 0 Å². The molecule has 0 saturated carbocycles. The number of hydrogen-bond acceptors (Lipinski definition) is 4. The van der Waals surface area contributed by atoms with Gasteiger partial charge in [-0.15, -0.1) is 0 Å². The number of aromatic amines is 1. The predicted molar refractivity (Wildman–Crippen MR) is 78.0 cm³/mol. The number of nitrogens with one attached hydrogen (secondary N) is 1. The van der Waals surface area contributed by atoms with Crippen LogP contribution in [0.5, 0.6) is 0 Å². The molecule has 0 aliphatic rings. The number of aromatic nitrogens is 4. The zero-order valence-electron chi connectivity index (χ0n) is 12.5. The van der Waals surface area contributed by atoms with Crippen LogP contribution in [0.3, 0.4) is 0 Å². The summed E-state index contributed by atoms with van der Waals surface area (Å²) < 4.78 is 0. The van der Waals surface area contributed by atoms with E-state index in [0.29, 0.717) is 23.6 Å². The molecule has 108 valence electrons. The zero-order valence-corrected chi connectivity index (χ0v) is 12.5. The van der Waals surface area contributed by atoms with Gasteiger partial charge in [0.2, 0.25) is 0 Å². The standard InChI is InChI=1S/C15H22N4O/c1-10-16-14(19-18-10)12-7-5-6-11(17-12)13(20)8-9-15(2,3)4/h5-7,13,20H,8-9H2,1-4H3,(H,16,18,19)/t13-/m0/s1. The van der Waals surface area contributed by atoms with Crippen LogP contribution in [0.2, 0.25) is 0 Å². The van der Waals surface area contributed by atoms with Crippen molar-refractivity contribution in [3.8, 4) is 11.5 Å². The molecule has 0 aliphatic heterocycles. The molecule has 2 heterocycles. The van der Waals surface area contributed by atoms with Crippen molar-refractivity contribution in [2.45, 2.75) is 46.6 Å². The fraction of sp³-hybridized carbons (Fsp3) is 0.533. The van der Waals surface area contributed by atoms with E-state index in [-0.39, 0.29) is 5.41 Å². The monoisotopic (exact) mass is 274 g/mol. The van der Waals surface area contributed by atoms with Gasteiger partial charge in [-0.05, 0) is 37.3 Å². The highest BCUT2D eigenvalue weighted by molar-refractivity contribution is 5.48. The minimum absolute atomic E-state index is 0.208. The molecular weight excluding hydrogens is 252 g/mol. The summed E-state index contributed by atoms with van der Waals surface area (Å²) in [7, 11) is 0. The molecule has 0 spiro atoms.